The van der Waals surface area contributed by atoms with Crippen LogP contribution in [0.25, 0.3) is 0 Å². The predicted octanol–water partition coefficient (Wildman–Crippen LogP) is 8.62. The molecule has 0 N–H and O–H groups in total. The molecule has 2 saturated heterocycles. The summed E-state index contributed by atoms with van der Waals surface area (Å²) in [5.41, 5.74) is 0.692. The van der Waals surface area contributed by atoms with Gasteiger partial charge in [0.2, 0.25) is 23.6 Å². The zero-order chi connectivity index (χ0) is 31.4. The topological polar surface area (TPSA) is 84.0 Å². The van der Waals surface area contributed by atoms with Crippen molar-refractivity contribution in [3.8, 4) is 5.75 Å². The number of ether oxygens (including phenoxy) is 1. The number of imide groups is 2. The second-order valence-corrected chi connectivity index (χ2v) is 13.0. The third kappa shape index (κ3) is 9.39. The predicted molar refractivity (Wildman–Crippen MR) is 173 cm³/mol. The third-order valence-electron chi connectivity index (χ3n) is 9.60. The summed E-state index contributed by atoms with van der Waals surface area (Å²) in [6, 6.07) is 4.94. The Hall–Kier alpha value is -2.70. The molecule has 1 aromatic carbocycles. The van der Waals surface area contributed by atoms with Crippen LogP contribution in [-0.2, 0) is 19.2 Å². The fraction of sp³-hybridized carbons (Fsp3) is 0.722. The van der Waals surface area contributed by atoms with Gasteiger partial charge in [-0.1, -0.05) is 131 Å². The minimum atomic E-state index is -0.430. The van der Waals surface area contributed by atoms with Gasteiger partial charge in [-0.25, -0.2) is 9.80 Å². The zero-order valence-electron chi connectivity index (χ0n) is 27.5. The summed E-state index contributed by atoms with van der Waals surface area (Å²) in [6.07, 6.45) is 20.8. The van der Waals surface area contributed by atoms with Crippen LogP contribution in [0.5, 0.6) is 5.75 Å². The van der Waals surface area contributed by atoms with E-state index in [1.54, 1.807) is 45.9 Å². The standard InChI is InChI=1S/C36H56N2O5/c1-6-7-8-9-10-11-12-13-14-15-16-17-18-19-20-21-22-43-32-24-30(37-33(39)26(2)27(3)34(37)40)23-31(25-32)38-35(41)28(4)29(5)36(38)42/h23-29H,6-22H2,1-5H3. The van der Waals surface area contributed by atoms with Gasteiger partial charge in [-0.05, 0) is 12.5 Å². The van der Waals surface area contributed by atoms with Crippen LogP contribution in [0.3, 0.4) is 0 Å². The van der Waals surface area contributed by atoms with Crippen molar-refractivity contribution in [2.24, 2.45) is 23.7 Å². The highest BCUT2D eigenvalue weighted by atomic mass is 16.5. The quantitative estimate of drug-likeness (QED) is 0.111. The minimum absolute atomic E-state index is 0.279. The maximum Gasteiger partial charge on any atom is 0.237 e. The van der Waals surface area contributed by atoms with Crippen molar-refractivity contribution in [1.82, 2.24) is 0 Å². The zero-order valence-corrected chi connectivity index (χ0v) is 27.5. The molecule has 2 aliphatic heterocycles. The van der Waals surface area contributed by atoms with Crippen LogP contribution in [0, 0.1) is 23.7 Å². The van der Waals surface area contributed by atoms with Crippen LogP contribution in [0.1, 0.15) is 137 Å². The number of amides is 4. The molecule has 0 spiro atoms. The van der Waals surface area contributed by atoms with E-state index in [2.05, 4.69) is 6.92 Å². The fourth-order valence-corrected chi connectivity index (χ4v) is 6.15. The molecule has 3 rings (SSSR count). The van der Waals surface area contributed by atoms with Gasteiger partial charge in [-0.2, -0.15) is 0 Å². The smallest absolute Gasteiger partial charge is 0.237 e. The Labute approximate surface area is 260 Å². The van der Waals surface area contributed by atoms with Gasteiger partial charge in [0, 0.05) is 35.8 Å². The van der Waals surface area contributed by atoms with Crippen molar-refractivity contribution < 1.29 is 23.9 Å². The molecule has 4 unspecified atom stereocenters. The lowest BCUT2D eigenvalue weighted by atomic mass is 10.00. The van der Waals surface area contributed by atoms with Crippen LogP contribution >= 0.6 is 0 Å². The minimum Gasteiger partial charge on any atom is -0.493 e. The van der Waals surface area contributed by atoms with Gasteiger partial charge in [0.15, 0.2) is 0 Å². The van der Waals surface area contributed by atoms with E-state index in [9.17, 15) is 19.2 Å². The number of benzene rings is 1. The second kappa shape index (κ2) is 17.6. The van der Waals surface area contributed by atoms with Crippen molar-refractivity contribution in [2.45, 2.75) is 137 Å². The molecular formula is C36H56N2O5. The van der Waals surface area contributed by atoms with E-state index in [-0.39, 0.29) is 23.6 Å². The molecule has 2 aliphatic rings. The van der Waals surface area contributed by atoms with Gasteiger partial charge in [0.1, 0.15) is 5.75 Å². The van der Waals surface area contributed by atoms with E-state index in [0.717, 1.165) is 12.8 Å². The van der Waals surface area contributed by atoms with E-state index in [1.165, 1.54) is 99.7 Å². The first-order chi connectivity index (χ1) is 20.7. The number of hydrogen-bond acceptors (Lipinski definition) is 5. The fourth-order valence-electron chi connectivity index (χ4n) is 6.15. The molecule has 43 heavy (non-hydrogen) atoms. The highest BCUT2D eigenvalue weighted by molar-refractivity contribution is 6.24. The first kappa shape index (κ1) is 34.8. The summed E-state index contributed by atoms with van der Waals surface area (Å²) >= 11 is 0. The number of carbonyl (C=O) groups excluding carboxylic acids is 4. The number of nitrogens with zero attached hydrogens (tertiary/aromatic N) is 2. The summed E-state index contributed by atoms with van der Waals surface area (Å²) in [6.45, 7) is 9.76. The van der Waals surface area contributed by atoms with Crippen LogP contribution in [0.2, 0.25) is 0 Å². The lowest BCUT2D eigenvalue weighted by Gasteiger charge is -2.21. The van der Waals surface area contributed by atoms with E-state index in [4.69, 9.17) is 4.74 Å². The Morgan fingerprint density at radius 3 is 1.12 bits per heavy atom. The summed E-state index contributed by atoms with van der Waals surface area (Å²) in [4.78, 5) is 54.1. The van der Waals surface area contributed by atoms with Crippen molar-refractivity contribution in [3.05, 3.63) is 18.2 Å². The number of carbonyl (C=O) groups is 4. The van der Waals surface area contributed by atoms with E-state index < -0.39 is 23.7 Å². The lowest BCUT2D eigenvalue weighted by Crippen LogP contribution is -2.33. The molecule has 2 fully saturated rings. The highest BCUT2D eigenvalue weighted by Gasteiger charge is 2.45. The highest BCUT2D eigenvalue weighted by Crippen LogP contribution is 2.38. The van der Waals surface area contributed by atoms with E-state index in [0.29, 0.717) is 23.7 Å². The molecule has 0 saturated carbocycles. The van der Waals surface area contributed by atoms with Gasteiger partial charge in [0.25, 0.3) is 0 Å². The van der Waals surface area contributed by atoms with Gasteiger partial charge < -0.3 is 4.74 Å². The molecule has 0 aliphatic carbocycles. The van der Waals surface area contributed by atoms with Gasteiger partial charge in [-0.15, -0.1) is 0 Å². The Bertz CT molecular complexity index is 983. The van der Waals surface area contributed by atoms with Gasteiger partial charge >= 0.3 is 0 Å². The molecule has 0 bridgehead atoms. The van der Waals surface area contributed by atoms with Crippen molar-refractivity contribution in [2.75, 3.05) is 16.4 Å². The van der Waals surface area contributed by atoms with E-state index >= 15 is 0 Å². The summed E-state index contributed by atoms with van der Waals surface area (Å²) < 4.78 is 6.08. The molecule has 2 heterocycles. The van der Waals surface area contributed by atoms with Crippen molar-refractivity contribution in [3.63, 3.8) is 0 Å². The Morgan fingerprint density at radius 1 is 0.488 bits per heavy atom. The van der Waals surface area contributed by atoms with Crippen molar-refractivity contribution in [1.29, 1.82) is 0 Å². The molecule has 0 radical (unpaired) electrons. The molecule has 4 amide bonds. The van der Waals surface area contributed by atoms with Crippen LogP contribution < -0.4 is 14.5 Å². The van der Waals surface area contributed by atoms with Crippen molar-refractivity contribution >= 4 is 35.0 Å². The molecule has 7 nitrogen and oxygen atoms in total. The Balaban J connectivity index is 1.43. The first-order valence-electron chi connectivity index (χ1n) is 17.2. The molecule has 0 aromatic heterocycles. The maximum atomic E-state index is 12.9. The monoisotopic (exact) mass is 596 g/mol. The average Bonchev–Trinajstić information content (AvgIpc) is 3.31. The third-order valence-corrected chi connectivity index (χ3v) is 9.60. The van der Waals surface area contributed by atoms with Gasteiger partial charge in [-0.3, -0.25) is 19.2 Å². The number of hydrogen-bond donors (Lipinski definition) is 0. The maximum absolute atomic E-state index is 12.9. The first-order valence-corrected chi connectivity index (χ1v) is 17.2. The lowest BCUT2D eigenvalue weighted by molar-refractivity contribution is -0.123. The van der Waals surface area contributed by atoms with Crippen LogP contribution in [0.4, 0.5) is 11.4 Å². The normalized spacial score (nSPS) is 22.3. The average molecular weight is 597 g/mol. The number of unbranched alkanes of at least 4 members (excludes halogenated alkanes) is 15. The SMILES string of the molecule is CCCCCCCCCCCCCCCCCCOc1cc(N2C(=O)C(C)C(C)C2=O)cc(N2C(=O)C(C)C(C)C2=O)c1. The number of rotatable bonds is 20. The van der Waals surface area contributed by atoms with Crippen LogP contribution in [0.15, 0.2) is 18.2 Å². The van der Waals surface area contributed by atoms with E-state index in [1.807, 2.05) is 0 Å². The Morgan fingerprint density at radius 2 is 0.791 bits per heavy atom. The molecule has 240 valence electrons. The molecule has 1 aromatic rings. The molecule has 4 atom stereocenters. The van der Waals surface area contributed by atoms with Gasteiger partial charge in [0.05, 0.1) is 18.0 Å². The second-order valence-electron chi connectivity index (χ2n) is 13.0. The van der Waals surface area contributed by atoms with Crippen LogP contribution in [-0.4, -0.2) is 30.2 Å². The molecular weight excluding hydrogens is 540 g/mol. The Kier molecular flexibility index (Phi) is 14.2. The summed E-state index contributed by atoms with van der Waals surface area (Å²) in [5.74, 6) is -2.38. The summed E-state index contributed by atoms with van der Waals surface area (Å²) in [7, 11) is 0. The molecule has 7 heteroatoms. The summed E-state index contributed by atoms with van der Waals surface area (Å²) in [5, 5.41) is 0. The largest absolute Gasteiger partial charge is 0.493 e. The number of anilines is 2.